The molecule has 0 bridgehead atoms. The quantitative estimate of drug-likeness (QED) is 0.883. The summed E-state index contributed by atoms with van der Waals surface area (Å²) >= 11 is 0. The fourth-order valence-corrected chi connectivity index (χ4v) is 3.21. The van der Waals surface area contributed by atoms with Crippen molar-refractivity contribution in [3.05, 3.63) is 30.0 Å². The van der Waals surface area contributed by atoms with E-state index in [4.69, 9.17) is 9.47 Å². The van der Waals surface area contributed by atoms with Crippen molar-refractivity contribution >= 4 is 11.7 Å². The summed E-state index contributed by atoms with van der Waals surface area (Å²) in [6.07, 6.45) is 5.07. The molecule has 0 unspecified atom stereocenters. The second-order valence-electron chi connectivity index (χ2n) is 5.70. The maximum absolute atomic E-state index is 13.0. The highest BCUT2D eigenvalue weighted by molar-refractivity contribution is 5.98. The van der Waals surface area contributed by atoms with Crippen LogP contribution in [0.2, 0.25) is 0 Å². The average molecular weight is 316 g/mol. The van der Waals surface area contributed by atoms with E-state index in [2.05, 4.69) is 20.7 Å². The van der Waals surface area contributed by atoms with Crippen molar-refractivity contribution in [2.45, 2.75) is 31.1 Å². The Kier molecular flexibility index (Phi) is 4.18. The van der Waals surface area contributed by atoms with Crippen LogP contribution in [0.25, 0.3) is 0 Å². The average Bonchev–Trinajstić information content (AvgIpc) is 3.26. The van der Waals surface area contributed by atoms with Gasteiger partial charge in [-0.15, -0.1) is 5.10 Å². The Labute approximate surface area is 134 Å². The van der Waals surface area contributed by atoms with Crippen LogP contribution >= 0.6 is 0 Å². The van der Waals surface area contributed by atoms with Crippen molar-refractivity contribution in [3.8, 4) is 11.5 Å². The minimum atomic E-state index is -0.596. The predicted octanol–water partition coefficient (Wildman–Crippen LogP) is 2.27. The first-order valence-corrected chi connectivity index (χ1v) is 7.59. The van der Waals surface area contributed by atoms with Crippen LogP contribution in [0.4, 0.5) is 5.82 Å². The van der Waals surface area contributed by atoms with E-state index in [-0.39, 0.29) is 5.91 Å². The third kappa shape index (κ3) is 2.86. The number of ether oxygens (including phenoxy) is 2. The van der Waals surface area contributed by atoms with Crippen molar-refractivity contribution in [1.29, 1.82) is 0 Å². The maximum atomic E-state index is 13.0. The predicted molar refractivity (Wildman–Crippen MR) is 84.7 cm³/mol. The van der Waals surface area contributed by atoms with E-state index in [1.165, 1.54) is 6.20 Å². The van der Waals surface area contributed by atoms with Gasteiger partial charge in [0.25, 0.3) is 0 Å². The number of rotatable bonds is 5. The lowest BCUT2D eigenvalue weighted by Crippen LogP contribution is -2.38. The van der Waals surface area contributed by atoms with Gasteiger partial charge in [0, 0.05) is 6.07 Å². The van der Waals surface area contributed by atoms with E-state index in [9.17, 15) is 4.79 Å². The Bertz CT molecular complexity index is 656. The van der Waals surface area contributed by atoms with E-state index >= 15 is 0 Å². The minimum Gasteiger partial charge on any atom is -0.497 e. The molecular weight excluding hydrogens is 296 g/mol. The lowest BCUT2D eigenvalue weighted by molar-refractivity contribution is -0.121. The standard InChI is InChI=1S/C16H20N4O3/c1-22-12-7-11(8-13(9-12)23-2)16(5-3-4-6-16)15(21)18-14-10-17-20-19-14/h7-10H,3-6H2,1-2H3,(H2,17,18,19,20,21). The van der Waals surface area contributed by atoms with Crippen molar-refractivity contribution in [1.82, 2.24) is 15.4 Å². The molecule has 1 saturated carbocycles. The van der Waals surface area contributed by atoms with Crippen molar-refractivity contribution in [2.24, 2.45) is 0 Å². The summed E-state index contributed by atoms with van der Waals surface area (Å²) in [4.78, 5) is 13.0. The monoisotopic (exact) mass is 316 g/mol. The molecule has 1 fully saturated rings. The van der Waals surface area contributed by atoms with Gasteiger partial charge in [0.05, 0.1) is 25.8 Å². The fourth-order valence-electron chi connectivity index (χ4n) is 3.21. The van der Waals surface area contributed by atoms with Crippen LogP contribution in [-0.2, 0) is 10.2 Å². The summed E-state index contributed by atoms with van der Waals surface area (Å²) in [5.74, 6) is 1.72. The zero-order valence-electron chi connectivity index (χ0n) is 13.3. The summed E-state index contributed by atoms with van der Waals surface area (Å²) in [5.41, 5.74) is 0.313. The molecule has 1 aromatic carbocycles. The Morgan fingerprint density at radius 2 is 1.83 bits per heavy atom. The molecule has 1 aliphatic carbocycles. The number of nitrogens with one attached hydrogen (secondary N) is 2. The first-order chi connectivity index (χ1) is 11.2. The van der Waals surface area contributed by atoms with Crippen LogP contribution in [0.15, 0.2) is 24.4 Å². The summed E-state index contributed by atoms with van der Waals surface area (Å²) in [6.45, 7) is 0. The number of aromatic nitrogens is 3. The molecule has 1 amide bonds. The van der Waals surface area contributed by atoms with Crippen LogP contribution in [0.3, 0.4) is 0 Å². The zero-order chi connectivity index (χ0) is 16.3. The molecule has 3 rings (SSSR count). The molecule has 2 N–H and O–H groups in total. The van der Waals surface area contributed by atoms with E-state index in [0.29, 0.717) is 17.3 Å². The first kappa shape index (κ1) is 15.3. The number of hydrogen-bond donors (Lipinski definition) is 2. The molecule has 1 heterocycles. The third-order valence-electron chi connectivity index (χ3n) is 4.45. The highest BCUT2D eigenvalue weighted by Crippen LogP contribution is 2.44. The molecule has 1 aromatic heterocycles. The summed E-state index contributed by atoms with van der Waals surface area (Å²) in [6, 6.07) is 5.63. The Morgan fingerprint density at radius 1 is 1.17 bits per heavy atom. The number of carbonyl (C=O) groups is 1. The van der Waals surface area contributed by atoms with Crippen LogP contribution in [-0.4, -0.2) is 35.5 Å². The molecule has 2 aromatic rings. The molecule has 0 spiro atoms. The van der Waals surface area contributed by atoms with Gasteiger partial charge in [0.15, 0.2) is 5.82 Å². The van der Waals surface area contributed by atoms with Gasteiger partial charge >= 0.3 is 0 Å². The van der Waals surface area contributed by atoms with Gasteiger partial charge < -0.3 is 14.8 Å². The van der Waals surface area contributed by atoms with Crippen LogP contribution in [0, 0.1) is 0 Å². The van der Waals surface area contributed by atoms with Gasteiger partial charge in [-0.1, -0.05) is 12.8 Å². The summed E-state index contributed by atoms with van der Waals surface area (Å²) < 4.78 is 10.7. The molecule has 7 heteroatoms. The van der Waals surface area contributed by atoms with Crippen LogP contribution in [0.1, 0.15) is 31.2 Å². The number of H-pyrrole nitrogens is 1. The SMILES string of the molecule is COc1cc(OC)cc(C2(C(=O)Nc3cn[nH]n3)CCCC2)c1. The number of aromatic amines is 1. The third-order valence-corrected chi connectivity index (χ3v) is 4.45. The lowest BCUT2D eigenvalue weighted by Gasteiger charge is -2.28. The number of hydrogen-bond acceptors (Lipinski definition) is 5. The largest absolute Gasteiger partial charge is 0.497 e. The normalized spacial score (nSPS) is 16.1. The second kappa shape index (κ2) is 6.28. The lowest BCUT2D eigenvalue weighted by atomic mass is 9.77. The van der Waals surface area contributed by atoms with Gasteiger partial charge in [0.2, 0.25) is 5.91 Å². The van der Waals surface area contributed by atoms with E-state index in [1.54, 1.807) is 14.2 Å². The van der Waals surface area contributed by atoms with Crippen molar-refractivity contribution < 1.29 is 14.3 Å². The molecule has 0 aliphatic heterocycles. The van der Waals surface area contributed by atoms with Gasteiger partial charge in [0.1, 0.15) is 11.5 Å². The van der Waals surface area contributed by atoms with Gasteiger partial charge in [-0.05, 0) is 30.5 Å². The molecular formula is C16H20N4O3. The highest BCUT2D eigenvalue weighted by Gasteiger charge is 2.43. The van der Waals surface area contributed by atoms with Crippen molar-refractivity contribution in [3.63, 3.8) is 0 Å². The number of benzene rings is 1. The van der Waals surface area contributed by atoms with Gasteiger partial charge in [-0.3, -0.25) is 4.79 Å². The molecule has 23 heavy (non-hydrogen) atoms. The maximum Gasteiger partial charge on any atom is 0.236 e. The smallest absolute Gasteiger partial charge is 0.236 e. The number of anilines is 1. The van der Waals surface area contributed by atoms with E-state index in [0.717, 1.165) is 31.2 Å². The Hall–Kier alpha value is -2.57. The molecule has 0 atom stereocenters. The molecule has 7 nitrogen and oxygen atoms in total. The van der Waals surface area contributed by atoms with E-state index in [1.807, 2.05) is 18.2 Å². The molecule has 1 aliphatic rings. The summed E-state index contributed by atoms with van der Waals surface area (Å²) in [7, 11) is 3.21. The van der Waals surface area contributed by atoms with Crippen LogP contribution in [0.5, 0.6) is 11.5 Å². The molecule has 0 radical (unpaired) electrons. The number of amides is 1. The Balaban J connectivity index is 1.99. The highest BCUT2D eigenvalue weighted by atomic mass is 16.5. The Morgan fingerprint density at radius 3 is 2.35 bits per heavy atom. The fraction of sp³-hybridized carbons (Fsp3) is 0.438. The number of nitrogens with zero attached hydrogens (tertiary/aromatic N) is 2. The molecule has 0 saturated heterocycles. The topological polar surface area (TPSA) is 89.1 Å². The van der Waals surface area contributed by atoms with Crippen LogP contribution < -0.4 is 14.8 Å². The molecule has 122 valence electrons. The van der Waals surface area contributed by atoms with Crippen molar-refractivity contribution in [2.75, 3.05) is 19.5 Å². The van der Waals surface area contributed by atoms with E-state index < -0.39 is 5.41 Å². The zero-order valence-corrected chi connectivity index (χ0v) is 13.3. The van der Waals surface area contributed by atoms with Gasteiger partial charge in [-0.2, -0.15) is 10.3 Å². The number of methoxy groups -OCH3 is 2. The van der Waals surface area contributed by atoms with Gasteiger partial charge in [-0.25, -0.2) is 0 Å². The number of carbonyl (C=O) groups excluding carboxylic acids is 1. The minimum absolute atomic E-state index is 0.0702. The first-order valence-electron chi connectivity index (χ1n) is 7.59. The summed E-state index contributed by atoms with van der Waals surface area (Å²) in [5, 5.41) is 13.0. The second-order valence-corrected chi connectivity index (χ2v) is 5.70.